The molecule has 2 aromatic heterocycles. The molecule has 0 saturated carbocycles. The van der Waals surface area contributed by atoms with E-state index >= 15 is 0 Å². The van der Waals surface area contributed by atoms with E-state index in [4.69, 9.17) is 5.73 Å². The maximum Gasteiger partial charge on any atom is 0.123 e. The molecular weight excluding hydrogens is 220 g/mol. The van der Waals surface area contributed by atoms with Crippen LogP contribution in [0.15, 0.2) is 29.2 Å². The molecule has 0 spiro atoms. The third kappa shape index (κ3) is 3.01. The third-order valence-electron chi connectivity index (χ3n) is 2.21. The number of thiazole rings is 1. The maximum atomic E-state index is 5.63. The first-order valence-corrected chi connectivity index (χ1v) is 5.94. The molecule has 0 saturated heterocycles. The molecule has 0 bridgehead atoms. The molecule has 0 fully saturated rings. The summed E-state index contributed by atoms with van der Waals surface area (Å²) in [6.45, 7) is 1.70. The van der Waals surface area contributed by atoms with Crippen LogP contribution in [0.1, 0.15) is 11.3 Å². The van der Waals surface area contributed by atoms with Crippen LogP contribution in [0, 0.1) is 0 Å². The normalized spacial score (nSPS) is 10.9. The molecular formula is C11H14N4S. The van der Waals surface area contributed by atoms with Gasteiger partial charge in [-0.2, -0.15) is 0 Å². The summed E-state index contributed by atoms with van der Waals surface area (Å²) in [5.41, 5.74) is 9.76. The maximum absolute atomic E-state index is 5.63. The van der Waals surface area contributed by atoms with E-state index < -0.39 is 0 Å². The molecule has 84 valence electrons. The second-order valence-electron chi connectivity index (χ2n) is 3.74. The Hall–Kier alpha value is -1.46. The van der Waals surface area contributed by atoms with Gasteiger partial charge in [0.25, 0.3) is 0 Å². The lowest BCUT2D eigenvalue weighted by molar-refractivity contribution is 0.316. The zero-order chi connectivity index (χ0) is 11.4. The Kier molecular flexibility index (Phi) is 3.48. The lowest BCUT2D eigenvalue weighted by Gasteiger charge is -2.15. The van der Waals surface area contributed by atoms with Crippen molar-refractivity contribution in [1.29, 1.82) is 0 Å². The topological polar surface area (TPSA) is 55.0 Å². The first kappa shape index (κ1) is 11.0. The molecule has 2 heterocycles. The fourth-order valence-corrected chi connectivity index (χ4v) is 2.10. The van der Waals surface area contributed by atoms with Gasteiger partial charge in [0, 0.05) is 24.7 Å². The van der Waals surface area contributed by atoms with Crippen LogP contribution < -0.4 is 5.73 Å². The van der Waals surface area contributed by atoms with Gasteiger partial charge in [-0.3, -0.25) is 4.90 Å². The van der Waals surface area contributed by atoms with E-state index in [0.29, 0.717) is 5.82 Å². The van der Waals surface area contributed by atoms with Gasteiger partial charge in [-0.15, -0.1) is 11.3 Å². The molecule has 0 aliphatic rings. The molecule has 2 N–H and O–H groups in total. The number of nitrogen functional groups attached to an aromatic ring is 1. The van der Waals surface area contributed by atoms with Gasteiger partial charge >= 0.3 is 0 Å². The monoisotopic (exact) mass is 234 g/mol. The minimum Gasteiger partial charge on any atom is -0.384 e. The first-order chi connectivity index (χ1) is 7.74. The van der Waals surface area contributed by atoms with Crippen LogP contribution in [0.3, 0.4) is 0 Å². The molecule has 0 aromatic carbocycles. The Bertz CT molecular complexity index is 441. The third-order valence-corrected chi connectivity index (χ3v) is 2.85. The van der Waals surface area contributed by atoms with Crippen molar-refractivity contribution in [1.82, 2.24) is 14.9 Å². The molecule has 4 nitrogen and oxygen atoms in total. The summed E-state index contributed by atoms with van der Waals surface area (Å²) in [5.74, 6) is 0.569. The van der Waals surface area contributed by atoms with Crippen molar-refractivity contribution >= 4 is 17.2 Å². The number of nitrogens with two attached hydrogens (primary N) is 1. The van der Waals surface area contributed by atoms with Crippen molar-refractivity contribution in [3.8, 4) is 0 Å². The molecule has 5 heteroatoms. The van der Waals surface area contributed by atoms with Gasteiger partial charge in [0.15, 0.2) is 0 Å². The average Bonchev–Trinajstić information content (AvgIpc) is 2.70. The number of rotatable bonds is 4. The smallest absolute Gasteiger partial charge is 0.123 e. The van der Waals surface area contributed by atoms with Crippen LogP contribution in [0.25, 0.3) is 0 Å². The van der Waals surface area contributed by atoms with Crippen molar-refractivity contribution in [3.63, 3.8) is 0 Å². The predicted molar refractivity (Wildman–Crippen MR) is 65.9 cm³/mol. The number of nitrogens with zero attached hydrogens (tertiary/aromatic N) is 3. The van der Waals surface area contributed by atoms with Gasteiger partial charge in [-0.05, 0) is 24.7 Å². The molecule has 16 heavy (non-hydrogen) atoms. The highest BCUT2D eigenvalue weighted by Crippen LogP contribution is 2.09. The molecule has 2 aromatic rings. The van der Waals surface area contributed by atoms with E-state index in [2.05, 4.69) is 27.3 Å². The summed E-state index contributed by atoms with van der Waals surface area (Å²) in [4.78, 5) is 10.4. The van der Waals surface area contributed by atoms with Crippen LogP contribution in [0.5, 0.6) is 0 Å². The van der Waals surface area contributed by atoms with E-state index in [1.54, 1.807) is 17.5 Å². The van der Waals surface area contributed by atoms with Crippen molar-refractivity contribution in [2.24, 2.45) is 0 Å². The van der Waals surface area contributed by atoms with E-state index in [1.165, 1.54) is 5.56 Å². The molecule has 0 aliphatic heterocycles. The Labute approximate surface area is 98.8 Å². The highest BCUT2D eigenvalue weighted by atomic mass is 32.1. The van der Waals surface area contributed by atoms with Crippen molar-refractivity contribution in [2.45, 2.75) is 13.1 Å². The number of hydrogen-bond donors (Lipinski definition) is 1. The summed E-state index contributed by atoms with van der Waals surface area (Å²) >= 11 is 1.62. The summed E-state index contributed by atoms with van der Waals surface area (Å²) in [5, 5.41) is 2.07. The Morgan fingerprint density at radius 2 is 2.25 bits per heavy atom. The van der Waals surface area contributed by atoms with E-state index in [1.807, 2.05) is 17.6 Å². The van der Waals surface area contributed by atoms with Crippen molar-refractivity contribution in [2.75, 3.05) is 12.8 Å². The highest BCUT2D eigenvalue weighted by molar-refractivity contribution is 7.07. The van der Waals surface area contributed by atoms with E-state index in [0.717, 1.165) is 18.8 Å². The van der Waals surface area contributed by atoms with Crippen molar-refractivity contribution < 1.29 is 0 Å². The van der Waals surface area contributed by atoms with Crippen LogP contribution in [-0.4, -0.2) is 21.9 Å². The number of aromatic nitrogens is 2. The summed E-state index contributed by atoms with van der Waals surface area (Å²) in [6.07, 6.45) is 1.74. The van der Waals surface area contributed by atoms with Crippen LogP contribution in [0.4, 0.5) is 5.82 Å². The fourth-order valence-electron chi connectivity index (χ4n) is 1.55. The molecule has 0 atom stereocenters. The molecule has 0 radical (unpaired) electrons. The summed E-state index contributed by atoms with van der Waals surface area (Å²) < 4.78 is 0. The van der Waals surface area contributed by atoms with Crippen LogP contribution in [-0.2, 0) is 13.1 Å². The minimum absolute atomic E-state index is 0.569. The zero-order valence-corrected chi connectivity index (χ0v) is 9.94. The quantitative estimate of drug-likeness (QED) is 0.875. The lowest BCUT2D eigenvalue weighted by atomic mass is 10.2. The average molecular weight is 234 g/mol. The Morgan fingerprint density at radius 1 is 1.38 bits per heavy atom. The van der Waals surface area contributed by atoms with Gasteiger partial charge in [-0.25, -0.2) is 9.97 Å². The number of hydrogen-bond acceptors (Lipinski definition) is 5. The molecule has 2 rings (SSSR count). The van der Waals surface area contributed by atoms with Crippen molar-refractivity contribution in [3.05, 3.63) is 40.5 Å². The largest absolute Gasteiger partial charge is 0.384 e. The minimum atomic E-state index is 0.569. The second-order valence-corrected chi connectivity index (χ2v) is 4.46. The SMILES string of the molecule is CN(Cc1ccnc(N)c1)Cc1cscn1. The first-order valence-electron chi connectivity index (χ1n) is 5.00. The van der Waals surface area contributed by atoms with Gasteiger partial charge in [-0.1, -0.05) is 0 Å². The number of anilines is 1. The molecule has 0 aliphatic carbocycles. The Balaban J connectivity index is 1.94. The highest BCUT2D eigenvalue weighted by Gasteiger charge is 2.03. The summed E-state index contributed by atoms with van der Waals surface area (Å²) in [6, 6.07) is 3.88. The number of pyridine rings is 1. The predicted octanol–water partition coefficient (Wildman–Crippen LogP) is 1.75. The fraction of sp³-hybridized carbons (Fsp3) is 0.273. The van der Waals surface area contributed by atoms with Gasteiger partial charge in [0.05, 0.1) is 11.2 Å². The summed E-state index contributed by atoms with van der Waals surface area (Å²) in [7, 11) is 2.07. The zero-order valence-electron chi connectivity index (χ0n) is 9.13. The lowest BCUT2D eigenvalue weighted by Crippen LogP contribution is -2.17. The van der Waals surface area contributed by atoms with E-state index in [9.17, 15) is 0 Å². The van der Waals surface area contributed by atoms with Gasteiger partial charge < -0.3 is 5.73 Å². The Morgan fingerprint density at radius 3 is 2.94 bits per heavy atom. The second kappa shape index (κ2) is 5.05. The molecule has 0 amide bonds. The molecule has 0 unspecified atom stereocenters. The van der Waals surface area contributed by atoms with Crippen LogP contribution >= 0.6 is 11.3 Å². The standard InChI is InChI=1S/C11H14N4S/c1-15(6-10-7-16-8-14-10)5-9-2-3-13-11(12)4-9/h2-4,7-8H,5-6H2,1H3,(H2,12,13). The van der Waals surface area contributed by atoms with Crippen LogP contribution in [0.2, 0.25) is 0 Å². The van der Waals surface area contributed by atoms with Gasteiger partial charge in [0.1, 0.15) is 5.82 Å². The van der Waals surface area contributed by atoms with Gasteiger partial charge in [0.2, 0.25) is 0 Å². The van der Waals surface area contributed by atoms with E-state index in [-0.39, 0.29) is 0 Å².